The normalized spacial score (nSPS) is 21.0. The maximum atomic E-state index is 12.5. The van der Waals surface area contributed by atoms with Gasteiger partial charge in [-0.1, -0.05) is 37.6 Å². The summed E-state index contributed by atoms with van der Waals surface area (Å²) in [5.74, 6) is 0.997. The molecule has 2 rings (SSSR count). The first-order valence-electron chi connectivity index (χ1n) is 7.16. The lowest BCUT2D eigenvalue weighted by molar-refractivity contribution is 0.261. The van der Waals surface area contributed by atoms with Gasteiger partial charge in [0.15, 0.2) is 0 Å². The highest BCUT2D eigenvalue weighted by atomic mass is 35.5. The van der Waals surface area contributed by atoms with Crippen molar-refractivity contribution in [2.24, 2.45) is 5.92 Å². The largest absolute Gasteiger partial charge is 0.218 e. The smallest absolute Gasteiger partial charge is 0.212 e. The van der Waals surface area contributed by atoms with Crippen LogP contribution in [-0.4, -0.2) is 25.8 Å². The molecule has 0 saturated carbocycles. The molecular weight excluding hydrogens is 294 g/mol. The molecule has 1 unspecified atom stereocenters. The predicted octanol–water partition coefficient (Wildman–Crippen LogP) is 3.38. The fraction of sp³-hybridized carbons (Fsp3) is 0.600. The first kappa shape index (κ1) is 15.8. The van der Waals surface area contributed by atoms with Crippen molar-refractivity contribution in [1.82, 2.24) is 4.31 Å². The molecule has 0 bridgehead atoms. The second-order valence-electron chi connectivity index (χ2n) is 5.48. The first-order chi connectivity index (χ1) is 9.55. The van der Waals surface area contributed by atoms with E-state index in [1.807, 2.05) is 24.3 Å². The van der Waals surface area contributed by atoms with Crippen LogP contribution >= 0.6 is 11.6 Å². The van der Waals surface area contributed by atoms with Crippen LogP contribution in [0, 0.1) is 5.92 Å². The van der Waals surface area contributed by atoms with Crippen molar-refractivity contribution in [3.63, 3.8) is 0 Å². The van der Waals surface area contributed by atoms with Crippen molar-refractivity contribution in [1.29, 1.82) is 0 Å². The second-order valence-corrected chi connectivity index (χ2v) is 7.72. The van der Waals surface area contributed by atoms with Gasteiger partial charge in [0.2, 0.25) is 10.0 Å². The molecule has 3 nitrogen and oxygen atoms in total. The van der Waals surface area contributed by atoms with Crippen LogP contribution in [0.3, 0.4) is 0 Å². The maximum absolute atomic E-state index is 12.5. The van der Waals surface area contributed by atoms with Crippen molar-refractivity contribution in [2.45, 2.75) is 37.8 Å². The lowest BCUT2D eigenvalue weighted by Crippen LogP contribution is -2.40. The van der Waals surface area contributed by atoms with E-state index < -0.39 is 10.0 Å². The van der Waals surface area contributed by atoms with Gasteiger partial charge in [0.25, 0.3) is 0 Å². The topological polar surface area (TPSA) is 37.4 Å². The molecule has 1 fully saturated rings. The summed E-state index contributed by atoms with van der Waals surface area (Å²) in [6.45, 7) is 3.47. The Morgan fingerprint density at radius 2 is 2.10 bits per heavy atom. The van der Waals surface area contributed by atoms with E-state index in [1.165, 1.54) is 0 Å². The molecule has 0 amide bonds. The first-order valence-corrected chi connectivity index (χ1v) is 9.31. The van der Waals surface area contributed by atoms with Gasteiger partial charge in [-0.15, -0.1) is 11.6 Å². The van der Waals surface area contributed by atoms with E-state index in [2.05, 4.69) is 6.92 Å². The Morgan fingerprint density at radius 3 is 2.80 bits per heavy atom. The highest BCUT2D eigenvalue weighted by Gasteiger charge is 2.28. The van der Waals surface area contributed by atoms with Crippen molar-refractivity contribution >= 4 is 21.6 Å². The Morgan fingerprint density at radius 1 is 1.35 bits per heavy atom. The van der Waals surface area contributed by atoms with Crippen LogP contribution in [-0.2, 0) is 21.7 Å². The van der Waals surface area contributed by atoms with E-state index in [-0.39, 0.29) is 5.75 Å². The zero-order chi connectivity index (χ0) is 14.6. The highest BCUT2D eigenvalue weighted by molar-refractivity contribution is 7.88. The minimum Gasteiger partial charge on any atom is -0.212 e. The molecular formula is C15H22ClNO2S. The molecule has 0 spiro atoms. The Kier molecular flexibility index (Phi) is 5.47. The molecule has 5 heteroatoms. The summed E-state index contributed by atoms with van der Waals surface area (Å²) in [5.41, 5.74) is 1.78. The summed E-state index contributed by atoms with van der Waals surface area (Å²) >= 11 is 5.80. The molecule has 0 radical (unpaired) electrons. The number of hydrogen-bond acceptors (Lipinski definition) is 2. The minimum absolute atomic E-state index is 0.0775. The van der Waals surface area contributed by atoms with Crippen LogP contribution in [0.25, 0.3) is 0 Å². The number of alkyl halides is 1. The summed E-state index contributed by atoms with van der Waals surface area (Å²) in [6, 6.07) is 7.52. The lowest BCUT2D eigenvalue weighted by Gasteiger charge is -2.31. The Hall–Kier alpha value is -0.580. The Bertz CT molecular complexity index is 545. The molecule has 1 aliphatic rings. The third-order valence-corrected chi connectivity index (χ3v) is 6.07. The van der Waals surface area contributed by atoms with Gasteiger partial charge >= 0.3 is 0 Å². The number of rotatable bonds is 5. The van der Waals surface area contributed by atoms with E-state index in [0.717, 1.165) is 30.4 Å². The quantitative estimate of drug-likeness (QED) is 0.781. The van der Waals surface area contributed by atoms with Gasteiger partial charge in [-0.25, -0.2) is 12.7 Å². The molecule has 1 aromatic carbocycles. The zero-order valence-electron chi connectivity index (χ0n) is 11.9. The Labute approximate surface area is 127 Å². The van der Waals surface area contributed by atoms with Crippen molar-refractivity contribution < 1.29 is 8.42 Å². The highest BCUT2D eigenvalue weighted by Crippen LogP contribution is 2.23. The third kappa shape index (κ3) is 3.96. The maximum Gasteiger partial charge on any atom is 0.218 e. The number of hydrogen-bond donors (Lipinski definition) is 0. The van der Waals surface area contributed by atoms with Gasteiger partial charge < -0.3 is 0 Å². The summed E-state index contributed by atoms with van der Waals surface area (Å²) in [6.07, 6.45) is 3.16. The number of sulfonamides is 1. The van der Waals surface area contributed by atoms with Crippen molar-refractivity contribution in [2.75, 3.05) is 13.1 Å². The molecule has 1 atom stereocenters. The summed E-state index contributed by atoms with van der Waals surface area (Å²) in [5, 5.41) is 0. The molecule has 0 aromatic heterocycles. The van der Waals surface area contributed by atoms with Gasteiger partial charge in [0.05, 0.1) is 5.75 Å². The van der Waals surface area contributed by atoms with Gasteiger partial charge in [-0.2, -0.15) is 0 Å². The van der Waals surface area contributed by atoms with E-state index in [1.54, 1.807) is 4.31 Å². The predicted molar refractivity (Wildman–Crippen MR) is 83.2 cm³/mol. The Balaban J connectivity index is 2.10. The van der Waals surface area contributed by atoms with Crippen molar-refractivity contribution in [3.05, 3.63) is 35.4 Å². The van der Waals surface area contributed by atoms with Crippen molar-refractivity contribution in [3.8, 4) is 0 Å². The summed E-state index contributed by atoms with van der Waals surface area (Å²) in [7, 11) is -3.21. The summed E-state index contributed by atoms with van der Waals surface area (Å²) < 4.78 is 26.7. The van der Waals surface area contributed by atoms with Gasteiger partial charge in [-0.05, 0) is 29.9 Å². The van der Waals surface area contributed by atoms with Gasteiger partial charge in [0, 0.05) is 19.0 Å². The van der Waals surface area contributed by atoms with Crippen LogP contribution in [0.4, 0.5) is 0 Å². The lowest BCUT2D eigenvalue weighted by atomic mass is 9.97. The molecule has 1 heterocycles. The SMILES string of the molecule is CCC1CCCN(S(=O)(=O)Cc2cccc(CCl)c2)C1. The molecule has 20 heavy (non-hydrogen) atoms. The van der Waals surface area contributed by atoms with E-state index in [4.69, 9.17) is 11.6 Å². The van der Waals surface area contributed by atoms with Crippen LogP contribution in [0.2, 0.25) is 0 Å². The molecule has 0 aliphatic carbocycles. The average molecular weight is 316 g/mol. The summed E-state index contributed by atoms with van der Waals surface area (Å²) in [4.78, 5) is 0. The fourth-order valence-corrected chi connectivity index (χ4v) is 4.51. The molecule has 112 valence electrons. The van der Waals surface area contributed by atoms with E-state index in [9.17, 15) is 8.42 Å². The van der Waals surface area contributed by atoms with E-state index in [0.29, 0.717) is 24.9 Å². The monoisotopic (exact) mass is 315 g/mol. The van der Waals surface area contributed by atoms with Gasteiger partial charge in [0.1, 0.15) is 0 Å². The fourth-order valence-electron chi connectivity index (χ4n) is 2.72. The number of benzene rings is 1. The van der Waals surface area contributed by atoms with Crippen LogP contribution < -0.4 is 0 Å². The van der Waals surface area contributed by atoms with Gasteiger partial charge in [-0.3, -0.25) is 0 Å². The third-order valence-electron chi connectivity index (χ3n) is 3.95. The van der Waals surface area contributed by atoms with E-state index >= 15 is 0 Å². The molecule has 1 saturated heterocycles. The molecule has 0 N–H and O–H groups in total. The molecule has 1 aromatic rings. The second kappa shape index (κ2) is 6.92. The number of halogens is 1. The average Bonchev–Trinajstić information content (AvgIpc) is 2.47. The van der Waals surface area contributed by atoms with Crippen LogP contribution in [0.5, 0.6) is 0 Å². The van der Waals surface area contributed by atoms with Crippen LogP contribution in [0.1, 0.15) is 37.3 Å². The standard InChI is InChI=1S/C15H22ClNO2S/c1-2-13-7-4-8-17(11-13)20(18,19)12-15-6-3-5-14(9-15)10-16/h3,5-6,9,13H,2,4,7-8,10-12H2,1H3. The zero-order valence-corrected chi connectivity index (χ0v) is 13.5. The minimum atomic E-state index is -3.21. The molecule has 1 aliphatic heterocycles. The number of piperidine rings is 1. The van der Waals surface area contributed by atoms with Crippen LogP contribution in [0.15, 0.2) is 24.3 Å². The number of nitrogens with zero attached hydrogens (tertiary/aromatic N) is 1.